The second-order valence-electron chi connectivity index (χ2n) is 14.5. The first-order valence-electron chi connectivity index (χ1n) is 16.6. The fraction of sp³-hybridized carbons (Fsp3) is 0.400. The molecule has 248 valence electrons. The zero-order chi connectivity index (χ0) is 33.3. The van der Waals surface area contributed by atoms with Crippen molar-refractivity contribution in [2.24, 2.45) is 0 Å². The van der Waals surface area contributed by atoms with E-state index in [-0.39, 0.29) is 18.8 Å². The van der Waals surface area contributed by atoms with E-state index in [0.29, 0.717) is 17.9 Å². The molecule has 5 nitrogen and oxygen atoms in total. The molecule has 6 rings (SSSR count). The Hall–Kier alpha value is -3.23. The summed E-state index contributed by atoms with van der Waals surface area (Å²) in [5.74, 6) is 1.55. The Kier molecular flexibility index (Phi) is 9.82. The maximum Gasteiger partial charge on any atom is 0.387 e. The second kappa shape index (κ2) is 13.7. The summed E-state index contributed by atoms with van der Waals surface area (Å²) in [6.07, 6.45) is 3.37. The van der Waals surface area contributed by atoms with Crippen LogP contribution in [0.15, 0.2) is 93.3 Å². The Balaban J connectivity index is 1.47. The molecule has 0 spiro atoms. The maximum atomic E-state index is 6.86. The molecule has 1 aliphatic heterocycles. The second-order valence-corrected chi connectivity index (χ2v) is 18.3. The molecule has 2 atom stereocenters. The van der Waals surface area contributed by atoms with Gasteiger partial charge in [-0.3, -0.25) is 4.52 Å². The summed E-state index contributed by atoms with van der Waals surface area (Å²) in [4.78, 5) is 0. The molecular formula is C40H48O5P2. The lowest BCUT2D eigenvalue weighted by atomic mass is 9.84. The van der Waals surface area contributed by atoms with Gasteiger partial charge in [-0.15, -0.1) is 0 Å². The summed E-state index contributed by atoms with van der Waals surface area (Å²) in [6, 6.07) is 30.4. The van der Waals surface area contributed by atoms with Gasteiger partial charge in [0.05, 0.1) is 20.8 Å². The molecule has 1 saturated heterocycles. The van der Waals surface area contributed by atoms with Crippen molar-refractivity contribution >= 4 is 38.1 Å². The Labute approximate surface area is 282 Å². The first kappa shape index (κ1) is 33.7. The molecule has 0 aliphatic carbocycles. The molecule has 1 fully saturated rings. The van der Waals surface area contributed by atoms with Gasteiger partial charge in [0.1, 0.15) is 22.7 Å². The summed E-state index contributed by atoms with van der Waals surface area (Å²) in [5, 5.41) is 1.85. The number of hydrogen-bond donors (Lipinski definition) is 0. The van der Waals surface area contributed by atoms with Crippen LogP contribution in [0.5, 0.6) is 11.5 Å². The Morgan fingerprint density at radius 1 is 0.638 bits per heavy atom. The highest BCUT2D eigenvalue weighted by Gasteiger charge is 2.37. The van der Waals surface area contributed by atoms with Crippen LogP contribution in [-0.2, 0) is 10.8 Å². The smallest absolute Gasteiger partial charge is 0.387 e. The fourth-order valence-electron chi connectivity index (χ4n) is 6.84. The molecule has 0 amide bonds. The van der Waals surface area contributed by atoms with Crippen molar-refractivity contribution < 1.29 is 22.4 Å². The van der Waals surface area contributed by atoms with E-state index in [2.05, 4.69) is 114 Å². The highest BCUT2D eigenvalue weighted by molar-refractivity contribution is 7.58. The minimum Gasteiger partial charge on any atom is -0.497 e. The average Bonchev–Trinajstić information content (AvgIpc) is 3.41. The highest BCUT2D eigenvalue weighted by Crippen LogP contribution is 2.70. The molecular weight excluding hydrogens is 622 g/mol. The minimum atomic E-state index is -1.75. The average molecular weight is 671 g/mol. The normalized spacial score (nSPS) is 17.4. The largest absolute Gasteiger partial charge is 0.497 e. The van der Waals surface area contributed by atoms with Crippen LogP contribution in [0.3, 0.4) is 0 Å². The van der Waals surface area contributed by atoms with Crippen molar-refractivity contribution in [2.45, 2.75) is 76.5 Å². The summed E-state index contributed by atoms with van der Waals surface area (Å²) in [5.41, 5.74) is 7.22. The molecule has 2 heterocycles. The topological polar surface area (TPSA) is 54.0 Å². The van der Waals surface area contributed by atoms with Gasteiger partial charge >= 0.3 is 8.24 Å². The molecule has 1 aliphatic rings. The fourth-order valence-corrected chi connectivity index (χ4v) is 11.5. The van der Waals surface area contributed by atoms with E-state index in [4.69, 9.17) is 22.4 Å². The van der Waals surface area contributed by atoms with Crippen molar-refractivity contribution in [1.29, 1.82) is 0 Å². The third kappa shape index (κ3) is 7.14. The number of ether oxygens (including phenoxy) is 2. The molecule has 7 heteroatoms. The van der Waals surface area contributed by atoms with Gasteiger partial charge in [0.15, 0.2) is 0 Å². The van der Waals surface area contributed by atoms with Gasteiger partial charge in [0.2, 0.25) is 0 Å². The third-order valence-corrected chi connectivity index (χ3v) is 13.7. The third-order valence-electron chi connectivity index (χ3n) is 9.26. The van der Waals surface area contributed by atoms with Gasteiger partial charge in [-0.25, -0.2) is 0 Å². The SMILES string of the molecule is COc1cc(C(C)(C)C)c2op(OCCP3[C@@H](c4ccccc4)CC[C@@H]3c3ccccc3)oc3c(C(C)(C)C)cc(OC)cc3c2c1. The van der Waals surface area contributed by atoms with Crippen LogP contribution in [-0.4, -0.2) is 27.0 Å². The minimum absolute atomic E-state index is 0.214. The van der Waals surface area contributed by atoms with E-state index >= 15 is 0 Å². The van der Waals surface area contributed by atoms with Crippen LogP contribution < -0.4 is 14.0 Å². The van der Waals surface area contributed by atoms with Crippen LogP contribution in [0.4, 0.5) is 0 Å². The maximum absolute atomic E-state index is 6.86. The van der Waals surface area contributed by atoms with Crippen LogP contribution in [0.2, 0.25) is 0 Å². The van der Waals surface area contributed by atoms with E-state index in [9.17, 15) is 0 Å². The Morgan fingerprint density at radius 2 is 1.06 bits per heavy atom. The molecule has 0 unspecified atom stereocenters. The van der Waals surface area contributed by atoms with Gasteiger partial charge in [0, 0.05) is 33.2 Å². The molecule has 47 heavy (non-hydrogen) atoms. The lowest BCUT2D eigenvalue weighted by Gasteiger charge is -2.26. The first-order valence-corrected chi connectivity index (χ1v) is 19.3. The van der Waals surface area contributed by atoms with Gasteiger partial charge in [0.25, 0.3) is 0 Å². The lowest BCUT2D eigenvalue weighted by Crippen LogP contribution is -2.12. The Morgan fingerprint density at radius 3 is 1.45 bits per heavy atom. The van der Waals surface area contributed by atoms with Gasteiger partial charge in [-0.1, -0.05) is 110 Å². The standard InChI is InChI=1S/C40H48O5P2/c1-39(2,3)33-25-29(41-7)23-31-32-24-30(42-8)26-34(40(4,5)6)38(32)45-47(44-37(31)33)43-21-22-46-35(27-15-11-9-12-16-27)19-20-36(46)28-17-13-10-14-18-28/h9-18,23-26,35-36H,19-22H2,1-8H3/t35-,36-/m1/s1. The van der Waals surface area contributed by atoms with Gasteiger partial charge in [-0.2, -0.15) is 0 Å². The summed E-state index contributed by atoms with van der Waals surface area (Å²) >= 11 is 0. The van der Waals surface area contributed by atoms with Crippen molar-refractivity contribution in [3.63, 3.8) is 0 Å². The van der Waals surface area contributed by atoms with Crippen molar-refractivity contribution in [2.75, 3.05) is 27.0 Å². The number of benzene rings is 4. The van der Waals surface area contributed by atoms with E-state index in [0.717, 1.165) is 50.7 Å². The Bertz CT molecular complexity index is 1740. The molecule has 0 bridgehead atoms. The predicted octanol–water partition coefficient (Wildman–Crippen LogP) is 12.1. The molecule has 0 radical (unpaired) electrons. The van der Waals surface area contributed by atoms with Crippen LogP contribution in [0, 0.1) is 0 Å². The lowest BCUT2D eigenvalue weighted by molar-refractivity contribution is 0.393. The zero-order valence-electron chi connectivity index (χ0n) is 29.0. The summed E-state index contributed by atoms with van der Waals surface area (Å²) in [6.45, 7) is 13.8. The van der Waals surface area contributed by atoms with Crippen molar-refractivity contribution in [3.05, 3.63) is 107 Å². The number of hydrogen-bond acceptors (Lipinski definition) is 5. The molecule has 0 N–H and O–H groups in total. The number of methoxy groups -OCH3 is 2. The van der Waals surface area contributed by atoms with Crippen molar-refractivity contribution in [3.8, 4) is 11.5 Å². The highest BCUT2D eigenvalue weighted by atomic mass is 31.1. The molecule has 0 saturated carbocycles. The van der Waals surface area contributed by atoms with Crippen LogP contribution in [0.25, 0.3) is 21.9 Å². The van der Waals surface area contributed by atoms with E-state index in [1.54, 1.807) is 14.2 Å². The first-order chi connectivity index (χ1) is 22.5. The van der Waals surface area contributed by atoms with E-state index < -0.39 is 8.24 Å². The summed E-state index contributed by atoms with van der Waals surface area (Å²) in [7, 11) is 1.28. The van der Waals surface area contributed by atoms with Crippen molar-refractivity contribution in [1.82, 2.24) is 0 Å². The van der Waals surface area contributed by atoms with E-state index in [1.807, 2.05) is 12.1 Å². The van der Waals surface area contributed by atoms with Crippen LogP contribution >= 0.6 is 16.2 Å². The van der Waals surface area contributed by atoms with Gasteiger partial charge < -0.3 is 17.9 Å². The molecule has 5 aromatic rings. The number of rotatable bonds is 8. The predicted molar refractivity (Wildman–Crippen MR) is 198 cm³/mol. The molecule has 1 aromatic heterocycles. The monoisotopic (exact) mass is 670 g/mol. The quantitative estimate of drug-likeness (QED) is 0.154. The zero-order valence-corrected chi connectivity index (χ0v) is 30.8. The molecule has 4 aromatic carbocycles. The summed E-state index contributed by atoms with van der Waals surface area (Å²) < 4.78 is 32.1. The number of fused-ring (bicyclic) bond motifs is 3. The van der Waals surface area contributed by atoms with Gasteiger partial charge in [-0.05, 0) is 65.2 Å². The van der Waals surface area contributed by atoms with E-state index in [1.165, 1.54) is 24.0 Å². The van der Waals surface area contributed by atoms with Crippen LogP contribution in [0.1, 0.15) is 88.0 Å².